The van der Waals surface area contributed by atoms with Crippen LogP contribution in [0.25, 0.3) is 0 Å². The predicted molar refractivity (Wildman–Crippen MR) is 38.1 cm³/mol. The van der Waals surface area contributed by atoms with Crippen LogP contribution in [0.5, 0.6) is 0 Å². The highest BCUT2D eigenvalue weighted by atomic mass is 19.1. The Hall–Kier alpha value is -1.98. The minimum Gasteiger partial charge on any atom is -0.478 e. The van der Waals surface area contributed by atoms with Crippen LogP contribution in [0.2, 0.25) is 0 Å². The third-order valence-corrected chi connectivity index (χ3v) is 1.32. The van der Waals surface area contributed by atoms with Gasteiger partial charge >= 0.3 is 11.9 Å². The second-order valence-electron chi connectivity index (χ2n) is 2.13. The van der Waals surface area contributed by atoms with E-state index in [9.17, 15) is 14.0 Å². The first-order valence-corrected chi connectivity index (χ1v) is 3.15. The molecule has 6 heteroatoms. The fourth-order valence-corrected chi connectivity index (χ4v) is 0.758. The highest BCUT2D eigenvalue weighted by Crippen LogP contribution is 2.09. The Bertz CT molecular complexity index is 345. The molecular weight excluding hydrogens is 181 g/mol. The van der Waals surface area contributed by atoms with E-state index in [-0.39, 0.29) is 0 Å². The molecule has 0 amide bonds. The lowest BCUT2D eigenvalue weighted by Crippen LogP contribution is -2.09. The molecule has 5 nitrogen and oxygen atoms in total. The lowest BCUT2D eigenvalue weighted by atomic mass is 10.2. The second-order valence-corrected chi connectivity index (χ2v) is 2.13. The Balaban J connectivity index is 3.35. The van der Waals surface area contributed by atoms with Crippen LogP contribution in [-0.2, 0) is 0 Å². The van der Waals surface area contributed by atoms with Crippen molar-refractivity contribution in [1.29, 1.82) is 0 Å². The Morgan fingerprint density at radius 3 is 2.38 bits per heavy atom. The number of halogens is 1. The van der Waals surface area contributed by atoms with Gasteiger partial charge in [0.15, 0.2) is 11.5 Å². The van der Waals surface area contributed by atoms with Gasteiger partial charge in [-0.1, -0.05) is 0 Å². The van der Waals surface area contributed by atoms with E-state index >= 15 is 0 Å². The molecule has 68 valence electrons. The topological polar surface area (TPSA) is 87.5 Å². The van der Waals surface area contributed by atoms with Gasteiger partial charge in [0.1, 0.15) is 0 Å². The number of rotatable bonds is 2. The number of pyridine rings is 1. The number of hydrogen-bond donors (Lipinski definition) is 2. The third kappa shape index (κ3) is 1.61. The minimum absolute atomic E-state index is 0.701. The fraction of sp³-hybridized carbons (Fsp3) is 0. The molecule has 0 aromatic carbocycles. The van der Waals surface area contributed by atoms with Gasteiger partial charge in [0, 0.05) is 6.20 Å². The zero-order valence-electron chi connectivity index (χ0n) is 6.19. The summed E-state index contributed by atoms with van der Waals surface area (Å²) in [6, 6.07) is 0.893. The van der Waals surface area contributed by atoms with Gasteiger partial charge in [-0.3, -0.25) is 0 Å². The Kier molecular flexibility index (Phi) is 2.23. The van der Waals surface area contributed by atoms with Crippen molar-refractivity contribution in [3.8, 4) is 0 Å². The number of aromatic carboxylic acids is 2. The summed E-state index contributed by atoms with van der Waals surface area (Å²) in [4.78, 5) is 23.8. The van der Waals surface area contributed by atoms with Crippen LogP contribution >= 0.6 is 0 Å². The Labute approximate surface area is 71.5 Å². The number of hydrogen-bond acceptors (Lipinski definition) is 3. The summed E-state index contributed by atoms with van der Waals surface area (Å²) in [6.45, 7) is 0. The largest absolute Gasteiger partial charge is 0.478 e. The smallest absolute Gasteiger partial charge is 0.357 e. The van der Waals surface area contributed by atoms with Crippen LogP contribution in [0.15, 0.2) is 12.3 Å². The summed E-state index contributed by atoms with van der Waals surface area (Å²) in [5.41, 5.74) is -1.59. The first-order valence-electron chi connectivity index (χ1n) is 3.15. The molecule has 1 rings (SSSR count). The minimum atomic E-state index is -1.60. The highest BCUT2D eigenvalue weighted by molar-refractivity contribution is 5.92. The SMILES string of the molecule is O=C(O)c1ccnc(C(=O)O)c1F. The molecule has 0 atom stereocenters. The van der Waals surface area contributed by atoms with Gasteiger partial charge in [0.2, 0.25) is 0 Å². The van der Waals surface area contributed by atoms with Crippen molar-refractivity contribution in [3.63, 3.8) is 0 Å². The van der Waals surface area contributed by atoms with E-state index in [1.807, 2.05) is 0 Å². The van der Waals surface area contributed by atoms with Gasteiger partial charge in [-0.25, -0.2) is 19.0 Å². The summed E-state index contributed by atoms with van der Waals surface area (Å²) in [6.07, 6.45) is 0.927. The Morgan fingerprint density at radius 2 is 1.92 bits per heavy atom. The van der Waals surface area contributed by atoms with Crippen molar-refractivity contribution in [2.45, 2.75) is 0 Å². The van der Waals surface area contributed by atoms with Crippen LogP contribution in [0.1, 0.15) is 20.8 Å². The van der Waals surface area contributed by atoms with E-state index in [1.165, 1.54) is 0 Å². The second kappa shape index (κ2) is 3.18. The van der Waals surface area contributed by atoms with Crippen LogP contribution in [-0.4, -0.2) is 27.1 Å². The maximum atomic E-state index is 12.9. The first kappa shape index (κ1) is 9.11. The van der Waals surface area contributed by atoms with Crippen LogP contribution in [0, 0.1) is 5.82 Å². The first-order chi connectivity index (χ1) is 6.04. The number of nitrogens with zero attached hydrogens (tertiary/aromatic N) is 1. The third-order valence-electron chi connectivity index (χ3n) is 1.32. The van der Waals surface area contributed by atoms with Gasteiger partial charge < -0.3 is 10.2 Å². The number of aromatic nitrogens is 1. The van der Waals surface area contributed by atoms with Gasteiger partial charge in [-0.2, -0.15) is 0 Å². The van der Waals surface area contributed by atoms with Crippen molar-refractivity contribution >= 4 is 11.9 Å². The molecule has 0 aliphatic rings. The molecule has 1 aromatic heterocycles. The van der Waals surface area contributed by atoms with Crippen molar-refractivity contribution in [2.24, 2.45) is 0 Å². The van der Waals surface area contributed by atoms with Crippen molar-refractivity contribution in [1.82, 2.24) is 4.98 Å². The molecule has 0 bridgehead atoms. The monoisotopic (exact) mass is 185 g/mol. The summed E-state index contributed by atoms with van der Waals surface area (Å²) >= 11 is 0. The van der Waals surface area contributed by atoms with E-state index in [0.29, 0.717) is 0 Å². The lowest BCUT2D eigenvalue weighted by molar-refractivity contribution is 0.0682. The summed E-state index contributed by atoms with van der Waals surface area (Å²) in [5, 5.41) is 16.8. The number of carboxylic acids is 2. The molecule has 0 fully saturated rings. The zero-order chi connectivity index (χ0) is 10.0. The predicted octanol–water partition coefficient (Wildman–Crippen LogP) is 0.617. The molecule has 0 saturated heterocycles. The Morgan fingerprint density at radius 1 is 1.31 bits per heavy atom. The number of carbonyl (C=O) groups is 2. The maximum absolute atomic E-state index is 12.9. The van der Waals surface area contributed by atoms with Gasteiger partial charge in [-0.15, -0.1) is 0 Å². The number of carboxylic acid groups (broad SMARTS) is 2. The van der Waals surface area contributed by atoms with E-state index in [4.69, 9.17) is 10.2 Å². The summed E-state index contributed by atoms with van der Waals surface area (Å²) < 4.78 is 12.9. The highest BCUT2D eigenvalue weighted by Gasteiger charge is 2.19. The standard InChI is InChI=1S/C7H4FNO4/c8-4-3(6(10)11)1-2-9-5(4)7(12)13/h1-2H,(H,10,11)(H,12,13). The van der Waals surface area contributed by atoms with Gasteiger partial charge in [-0.05, 0) is 6.07 Å². The average Bonchev–Trinajstić information content (AvgIpc) is 2.03. The fourth-order valence-electron chi connectivity index (χ4n) is 0.758. The molecule has 2 N–H and O–H groups in total. The molecule has 0 radical (unpaired) electrons. The van der Waals surface area contributed by atoms with E-state index in [2.05, 4.69) is 4.98 Å². The molecule has 1 heterocycles. The summed E-state index contributed by atoms with van der Waals surface area (Å²) in [5.74, 6) is -4.45. The van der Waals surface area contributed by atoms with Crippen molar-refractivity contribution in [3.05, 3.63) is 29.3 Å². The quantitative estimate of drug-likeness (QED) is 0.704. The van der Waals surface area contributed by atoms with Crippen molar-refractivity contribution in [2.75, 3.05) is 0 Å². The van der Waals surface area contributed by atoms with Crippen LogP contribution in [0.4, 0.5) is 4.39 Å². The van der Waals surface area contributed by atoms with Crippen LogP contribution < -0.4 is 0 Å². The zero-order valence-corrected chi connectivity index (χ0v) is 6.19. The molecule has 0 unspecified atom stereocenters. The van der Waals surface area contributed by atoms with E-state index in [1.54, 1.807) is 0 Å². The average molecular weight is 185 g/mol. The summed E-state index contributed by atoms with van der Waals surface area (Å²) in [7, 11) is 0. The van der Waals surface area contributed by atoms with E-state index in [0.717, 1.165) is 12.3 Å². The molecule has 1 aromatic rings. The normalized spacial score (nSPS) is 9.62. The molecule has 0 spiro atoms. The molecule has 13 heavy (non-hydrogen) atoms. The van der Waals surface area contributed by atoms with E-state index < -0.39 is 29.0 Å². The molecule has 0 saturated carbocycles. The molecule has 0 aliphatic carbocycles. The van der Waals surface area contributed by atoms with Gasteiger partial charge in [0.25, 0.3) is 0 Å². The van der Waals surface area contributed by atoms with Crippen LogP contribution in [0.3, 0.4) is 0 Å². The maximum Gasteiger partial charge on any atom is 0.357 e. The lowest BCUT2D eigenvalue weighted by Gasteiger charge is -1.98. The molecular formula is C7H4FNO4. The van der Waals surface area contributed by atoms with Gasteiger partial charge in [0.05, 0.1) is 5.56 Å². The molecule has 0 aliphatic heterocycles. The van der Waals surface area contributed by atoms with Crippen molar-refractivity contribution < 1.29 is 24.2 Å².